The standard InChI is InChI=1S/C15H19N3O3/c1-2-11(7-9-19)10-17-13-5-6-14(18(20)21)15-12(13)4-3-8-16-15/h3-6,8,11,17,19H,2,7,9-10H2,1H3. The highest BCUT2D eigenvalue weighted by atomic mass is 16.6. The number of nitrogens with one attached hydrogen (secondary N) is 1. The van der Waals surface area contributed by atoms with E-state index in [0.717, 1.165) is 30.5 Å². The molecular formula is C15H19N3O3. The molecule has 0 aliphatic rings. The highest BCUT2D eigenvalue weighted by Crippen LogP contribution is 2.29. The zero-order valence-corrected chi connectivity index (χ0v) is 12.0. The van der Waals surface area contributed by atoms with E-state index in [1.807, 2.05) is 6.07 Å². The summed E-state index contributed by atoms with van der Waals surface area (Å²) in [6.07, 6.45) is 3.27. The molecule has 0 aliphatic heterocycles. The third-order valence-electron chi connectivity index (χ3n) is 3.64. The van der Waals surface area contributed by atoms with Crippen molar-refractivity contribution in [3.05, 3.63) is 40.6 Å². The summed E-state index contributed by atoms with van der Waals surface area (Å²) < 4.78 is 0. The van der Waals surface area contributed by atoms with Crippen molar-refractivity contribution in [3.8, 4) is 0 Å². The third kappa shape index (κ3) is 3.46. The predicted octanol–water partition coefficient (Wildman–Crippen LogP) is 2.96. The van der Waals surface area contributed by atoms with E-state index in [2.05, 4.69) is 17.2 Å². The molecule has 0 saturated heterocycles. The Morgan fingerprint density at radius 2 is 2.24 bits per heavy atom. The van der Waals surface area contributed by atoms with Crippen molar-refractivity contribution in [2.45, 2.75) is 19.8 Å². The van der Waals surface area contributed by atoms with Gasteiger partial charge in [-0.05, 0) is 30.5 Å². The maximum absolute atomic E-state index is 11.0. The summed E-state index contributed by atoms with van der Waals surface area (Å²) in [5, 5.41) is 24.1. The molecule has 2 rings (SSSR count). The number of fused-ring (bicyclic) bond motifs is 1. The van der Waals surface area contributed by atoms with Gasteiger partial charge in [0.15, 0.2) is 0 Å². The van der Waals surface area contributed by atoms with Crippen molar-refractivity contribution in [1.82, 2.24) is 4.98 Å². The molecule has 0 spiro atoms. The third-order valence-corrected chi connectivity index (χ3v) is 3.64. The van der Waals surface area contributed by atoms with Crippen LogP contribution in [0.15, 0.2) is 30.5 Å². The van der Waals surface area contributed by atoms with Crippen molar-refractivity contribution in [2.75, 3.05) is 18.5 Å². The molecule has 0 saturated carbocycles. The Morgan fingerprint density at radius 1 is 1.43 bits per heavy atom. The van der Waals surface area contributed by atoms with E-state index in [1.54, 1.807) is 18.3 Å². The first-order valence-corrected chi connectivity index (χ1v) is 7.04. The number of benzene rings is 1. The number of hydrogen-bond donors (Lipinski definition) is 2. The summed E-state index contributed by atoms with van der Waals surface area (Å²) in [6.45, 7) is 2.97. The van der Waals surface area contributed by atoms with Crippen LogP contribution >= 0.6 is 0 Å². The molecule has 0 bridgehead atoms. The van der Waals surface area contributed by atoms with Crippen molar-refractivity contribution >= 4 is 22.3 Å². The molecule has 1 heterocycles. The number of pyridine rings is 1. The second-order valence-corrected chi connectivity index (χ2v) is 4.96. The monoisotopic (exact) mass is 289 g/mol. The number of aliphatic hydroxyl groups excluding tert-OH is 1. The first-order valence-electron chi connectivity index (χ1n) is 7.04. The van der Waals surface area contributed by atoms with Gasteiger partial charge in [0.1, 0.15) is 5.52 Å². The highest BCUT2D eigenvalue weighted by Gasteiger charge is 2.15. The van der Waals surface area contributed by atoms with E-state index in [4.69, 9.17) is 5.11 Å². The van der Waals surface area contributed by atoms with Gasteiger partial charge in [0.05, 0.1) is 4.92 Å². The first-order chi connectivity index (χ1) is 10.2. The molecule has 2 aromatic rings. The Hall–Kier alpha value is -2.21. The molecular weight excluding hydrogens is 270 g/mol. The molecule has 1 unspecified atom stereocenters. The van der Waals surface area contributed by atoms with Gasteiger partial charge in [0.25, 0.3) is 5.69 Å². The van der Waals surface area contributed by atoms with Crippen LogP contribution in [0.2, 0.25) is 0 Å². The molecule has 1 aromatic heterocycles. The SMILES string of the molecule is CCC(CCO)CNc1ccc([N+](=O)[O-])c2ncccc12. The number of nitro groups is 1. The minimum Gasteiger partial charge on any atom is -0.396 e. The van der Waals surface area contributed by atoms with Crippen molar-refractivity contribution < 1.29 is 10.0 Å². The normalized spacial score (nSPS) is 12.3. The number of hydrogen-bond acceptors (Lipinski definition) is 5. The number of anilines is 1. The average Bonchev–Trinajstić information content (AvgIpc) is 2.50. The van der Waals surface area contributed by atoms with E-state index in [-0.39, 0.29) is 12.3 Å². The maximum atomic E-state index is 11.0. The van der Waals surface area contributed by atoms with E-state index >= 15 is 0 Å². The van der Waals surface area contributed by atoms with E-state index in [1.165, 1.54) is 6.07 Å². The van der Waals surface area contributed by atoms with Crippen molar-refractivity contribution in [2.24, 2.45) is 5.92 Å². The predicted molar refractivity (Wildman–Crippen MR) is 82.4 cm³/mol. The van der Waals surface area contributed by atoms with Gasteiger partial charge in [-0.2, -0.15) is 0 Å². The second-order valence-electron chi connectivity index (χ2n) is 4.96. The molecule has 0 fully saturated rings. The highest BCUT2D eigenvalue weighted by molar-refractivity contribution is 5.96. The van der Waals surface area contributed by atoms with E-state index in [9.17, 15) is 10.1 Å². The largest absolute Gasteiger partial charge is 0.396 e. The number of aromatic nitrogens is 1. The fourth-order valence-corrected chi connectivity index (χ4v) is 2.35. The van der Waals surface area contributed by atoms with Crippen LogP contribution in [0.5, 0.6) is 0 Å². The van der Waals surface area contributed by atoms with Crippen LogP contribution in [0, 0.1) is 16.0 Å². The fourth-order valence-electron chi connectivity index (χ4n) is 2.35. The van der Waals surface area contributed by atoms with E-state index in [0.29, 0.717) is 11.4 Å². The quantitative estimate of drug-likeness (QED) is 0.604. The summed E-state index contributed by atoms with van der Waals surface area (Å²) in [4.78, 5) is 14.7. The number of nitrogens with zero attached hydrogens (tertiary/aromatic N) is 2. The maximum Gasteiger partial charge on any atom is 0.295 e. The van der Waals surface area contributed by atoms with Crippen LogP contribution in [-0.4, -0.2) is 28.2 Å². The zero-order valence-electron chi connectivity index (χ0n) is 12.0. The van der Waals surface area contributed by atoms with Crippen molar-refractivity contribution in [1.29, 1.82) is 0 Å². The lowest BCUT2D eigenvalue weighted by Crippen LogP contribution is -2.15. The van der Waals surface area contributed by atoms with Gasteiger partial charge >= 0.3 is 0 Å². The lowest BCUT2D eigenvalue weighted by Gasteiger charge is -2.16. The van der Waals surface area contributed by atoms with Crippen LogP contribution in [-0.2, 0) is 0 Å². The van der Waals surface area contributed by atoms with Gasteiger partial charge in [-0.15, -0.1) is 0 Å². The Kier molecular flexibility index (Phi) is 5.05. The fraction of sp³-hybridized carbons (Fsp3) is 0.400. The molecule has 6 heteroatoms. The Labute approximate surface area is 123 Å². The molecule has 112 valence electrons. The number of rotatable bonds is 7. The van der Waals surface area contributed by atoms with Gasteiger partial charge in [0.2, 0.25) is 0 Å². The second kappa shape index (κ2) is 6.99. The minimum atomic E-state index is -0.417. The minimum absolute atomic E-state index is 0.0125. The molecule has 0 amide bonds. The summed E-state index contributed by atoms with van der Waals surface area (Å²) in [6, 6.07) is 6.78. The number of aliphatic hydroxyl groups is 1. The molecule has 21 heavy (non-hydrogen) atoms. The molecule has 1 atom stereocenters. The Balaban J connectivity index is 2.29. The molecule has 0 aliphatic carbocycles. The molecule has 0 radical (unpaired) electrons. The smallest absolute Gasteiger partial charge is 0.295 e. The summed E-state index contributed by atoms with van der Waals surface area (Å²) in [5.74, 6) is 0.372. The van der Waals surface area contributed by atoms with Crippen LogP contribution in [0.1, 0.15) is 19.8 Å². The van der Waals surface area contributed by atoms with Gasteiger partial charge in [-0.1, -0.05) is 13.3 Å². The van der Waals surface area contributed by atoms with E-state index < -0.39 is 4.92 Å². The number of non-ortho nitro benzene ring substituents is 1. The Bertz CT molecular complexity index is 631. The summed E-state index contributed by atoms with van der Waals surface area (Å²) in [5.41, 5.74) is 1.24. The first kappa shape index (κ1) is 15.2. The molecule has 6 nitrogen and oxygen atoms in total. The topological polar surface area (TPSA) is 88.3 Å². The zero-order chi connectivity index (χ0) is 15.2. The summed E-state index contributed by atoms with van der Waals surface area (Å²) >= 11 is 0. The van der Waals surface area contributed by atoms with Crippen LogP contribution in [0.3, 0.4) is 0 Å². The van der Waals surface area contributed by atoms with Crippen LogP contribution in [0.4, 0.5) is 11.4 Å². The van der Waals surface area contributed by atoms with Crippen molar-refractivity contribution in [3.63, 3.8) is 0 Å². The lowest BCUT2D eigenvalue weighted by molar-refractivity contribution is -0.383. The lowest BCUT2D eigenvalue weighted by atomic mass is 10.0. The van der Waals surface area contributed by atoms with Gasteiger partial charge in [0, 0.05) is 36.5 Å². The van der Waals surface area contributed by atoms with Crippen LogP contribution < -0.4 is 5.32 Å². The van der Waals surface area contributed by atoms with Crippen LogP contribution in [0.25, 0.3) is 10.9 Å². The summed E-state index contributed by atoms with van der Waals surface area (Å²) in [7, 11) is 0. The molecule has 1 aromatic carbocycles. The molecule has 2 N–H and O–H groups in total. The average molecular weight is 289 g/mol. The van der Waals surface area contributed by atoms with Gasteiger partial charge in [-0.3, -0.25) is 10.1 Å². The number of nitro benzene ring substituents is 1. The van der Waals surface area contributed by atoms with Gasteiger partial charge in [-0.25, -0.2) is 4.98 Å². The van der Waals surface area contributed by atoms with Gasteiger partial charge < -0.3 is 10.4 Å². The Morgan fingerprint density at radius 3 is 2.90 bits per heavy atom.